The van der Waals surface area contributed by atoms with Gasteiger partial charge in [0.2, 0.25) is 5.91 Å². The van der Waals surface area contributed by atoms with Gasteiger partial charge in [0.25, 0.3) is 0 Å². The topological polar surface area (TPSA) is 55.4 Å². The van der Waals surface area contributed by atoms with E-state index in [1.54, 1.807) is 0 Å². The molecule has 2 rings (SSSR count). The smallest absolute Gasteiger partial charge is 0.328 e. The molecule has 4 nitrogen and oxygen atoms in total. The number of nitrogens with one attached hydrogen (secondary N) is 1. The van der Waals surface area contributed by atoms with Crippen LogP contribution in [0.5, 0.6) is 0 Å². The van der Waals surface area contributed by atoms with E-state index in [4.69, 9.17) is 4.74 Å². The number of amides is 1. The minimum Gasteiger partial charge on any atom is -0.467 e. The molecule has 27 heavy (non-hydrogen) atoms. The average molecular weight is 365 g/mol. The van der Waals surface area contributed by atoms with E-state index in [-0.39, 0.29) is 5.91 Å². The summed E-state index contributed by atoms with van der Waals surface area (Å²) in [6.45, 7) is 5.78. The number of rotatable bonds is 7. The van der Waals surface area contributed by atoms with E-state index in [2.05, 4.69) is 5.32 Å². The summed E-state index contributed by atoms with van der Waals surface area (Å²) < 4.78 is 4.89. The van der Waals surface area contributed by atoms with Crippen molar-refractivity contribution in [2.24, 2.45) is 0 Å². The Hall–Kier alpha value is -2.88. The van der Waals surface area contributed by atoms with E-state index in [9.17, 15) is 9.59 Å². The van der Waals surface area contributed by atoms with E-state index < -0.39 is 17.4 Å². The van der Waals surface area contributed by atoms with Crippen molar-refractivity contribution in [3.8, 4) is 0 Å². The van der Waals surface area contributed by atoms with Crippen molar-refractivity contribution in [1.82, 2.24) is 5.32 Å². The predicted molar refractivity (Wildman–Crippen MR) is 107 cm³/mol. The zero-order valence-electron chi connectivity index (χ0n) is 16.4. The van der Waals surface area contributed by atoms with Gasteiger partial charge in [-0.2, -0.15) is 0 Å². The molecule has 0 radical (unpaired) electrons. The first-order valence-electron chi connectivity index (χ1n) is 9.02. The molecule has 2 aromatic carbocycles. The van der Waals surface area contributed by atoms with Crippen LogP contribution in [0.1, 0.15) is 38.3 Å². The van der Waals surface area contributed by atoms with E-state index in [0.29, 0.717) is 6.42 Å². The Bertz CT molecular complexity index is 753. The number of esters is 1. The summed E-state index contributed by atoms with van der Waals surface area (Å²) in [6.07, 6.45) is 2.31. The fourth-order valence-corrected chi connectivity index (χ4v) is 2.98. The van der Waals surface area contributed by atoms with Gasteiger partial charge in [0, 0.05) is 0 Å². The van der Waals surface area contributed by atoms with Crippen molar-refractivity contribution in [3.63, 3.8) is 0 Å². The lowest BCUT2D eigenvalue weighted by molar-refractivity contribution is -0.145. The summed E-state index contributed by atoms with van der Waals surface area (Å²) in [4.78, 5) is 25.6. The highest BCUT2D eigenvalue weighted by molar-refractivity contribution is 5.94. The molecule has 0 aliphatic rings. The second-order valence-corrected chi connectivity index (χ2v) is 6.92. The van der Waals surface area contributed by atoms with Crippen LogP contribution >= 0.6 is 0 Å². The van der Waals surface area contributed by atoms with Crippen LogP contribution in [0.15, 0.2) is 72.3 Å². The Morgan fingerprint density at radius 3 is 1.89 bits per heavy atom. The van der Waals surface area contributed by atoms with E-state index in [0.717, 1.165) is 16.7 Å². The number of benzene rings is 2. The molecule has 0 spiro atoms. The molecule has 0 fully saturated rings. The van der Waals surface area contributed by atoms with E-state index >= 15 is 0 Å². The molecule has 0 saturated heterocycles. The number of hydrogen-bond donors (Lipinski definition) is 1. The minimum atomic E-state index is -0.931. The second-order valence-electron chi connectivity index (χ2n) is 6.92. The SMILES string of the molecule is COC(=O)[C@@H](CC=C(C)C)NC(=O)C(C)(c1ccccc1)c1ccccc1. The summed E-state index contributed by atoms with van der Waals surface area (Å²) in [5.41, 5.74) is 1.87. The van der Waals surface area contributed by atoms with Crippen LogP contribution in [0, 0.1) is 0 Å². The van der Waals surface area contributed by atoms with Crippen molar-refractivity contribution >= 4 is 11.9 Å². The molecule has 142 valence electrons. The third-order valence-electron chi connectivity index (χ3n) is 4.71. The van der Waals surface area contributed by atoms with Gasteiger partial charge in [-0.15, -0.1) is 0 Å². The van der Waals surface area contributed by atoms with Crippen LogP contribution < -0.4 is 5.32 Å². The third-order valence-corrected chi connectivity index (χ3v) is 4.71. The lowest BCUT2D eigenvalue weighted by atomic mass is 9.75. The molecular formula is C23H27NO3. The molecule has 0 bridgehead atoms. The Kier molecular flexibility index (Phi) is 6.94. The standard InChI is InChI=1S/C23H27NO3/c1-17(2)15-16-20(21(25)27-4)24-22(26)23(3,18-11-7-5-8-12-18)19-13-9-6-10-14-19/h5-15,20H,16H2,1-4H3,(H,24,26)/t20-/m1/s1. The van der Waals surface area contributed by atoms with Crippen molar-refractivity contribution in [3.05, 3.63) is 83.4 Å². The maximum absolute atomic E-state index is 13.4. The summed E-state index contributed by atoms with van der Waals surface area (Å²) in [5, 5.41) is 2.90. The normalized spacial score (nSPS) is 12.0. The fraction of sp³-hybridized carbons (Fsp3) is 0.304. The molecule has 1 atom stereocenters. The molecule has 0 aromatic heterocycles. The quantitative estimate of drug-likeness (QED) is 0.596. The maximum atomic E-state index is 13.4. The number of carbonyl (C=O) groups is 2. The summed E-state index contributed by atoms with van der Waals surface area (Å²) in [7, 11) is 1.33. The van der Waals surface area contributed by atoms with Gasteiger partial charge in [0.1, 0.15) is 6.04 Å². The first kappa shape index (κ1) is 20.4. The van der Waals surface area contributed by atoms with Gasteiger partial charge in [0.05, 0.1) is 12.5 Å². The van der Waals surface area contributed by atoms with Crippen molar-refractivity contribution in [2.45, 2.75) is 38.6 Å². The third kappa shape index (κ3) is 4.85. The zero-order chi connectivity index (χ0) is 19.9. The van der Waals surface area contributed by atoms with Crippen LogP contribution in [-0.2, 0) is 19.7 Å². The van der Waals surface area contributed by atoms with E-state index in [1.807, 2.05) is 87.5 Å². The largest absolute Gasteiger partial charge is 0.467 e. The molecule has 4 heteroatoms. The highest BCUT2D eigenvalue weighted by atomic mass is 16.5. The average Bonchev–Trinajstić information content (AvgIpc) is 2.70. The van der Waals surface area contributed by atoms with Gasteiger partial charge in [-0.05, 0) is 38.3 Å². The van der Waals surface area contributed by atoms with Crippen LogP contribution in [0.25, 0.3) is 0 Å². The number of carbonyl (C=O) groups excluding carboxylic acids is 2. The minimum absolute atomic E-state index is 0.238. The van der Waals surface area contributed by atoms with Crippen LogP contribution in [0.2, 0.25) is 0 Å². The molecule has 1 amide bonds. The van der Waals surface area contributed by atoms with Gasteiger partial charge in [-0.25, -0.2) is 4.79 Å². The molecule has 1 N–H and O–H groups in total. The highest BCUT2D eigenvalue weighted by Crippen LogP contribution is 2.32. The molecule has 0 aliphatic carbocycles. The fourth-order valence-electron chi connectivity index (χ4n) is 2.98. The van der Waals surface area contributed by atoms with Gasteiger partial charge in [-0.3, -0.25) is 4.79 Å². The molecule has 0 heterocycles. The number of hydrogen-bond acceptors (Lipinski definition) is 3. The summed E-state index contributed by atoms with van der Waals surface area (Å²) >= 11 is 0. The van der Waals surface area contributed by atoms with E-state index in [1.165, 1.54) is 7.11 Å². The molecule has 2 aromatic rings. The van der Waals surface area contributed by atoms with Crippen molar-refractivity contribution in [1.29, 1.82) is 0 Å². The Morgan fingerprint density at radius 1 is 1.00 bits per heavy atom. The number of allylic oxidation sites excluding steroid dienone is 1. The molecular weight excluding hydrogens is 338 g/mol. The van der Waals surface area contributed by atoms with Crippen molar-refractivity contribution < 1.29 is 14.3 Å². The Balaban J connectivity index is 2.42. The first-order valence-corrected chi connectivity index (χ1v) is 9.02. The lowest BCUT2D eigenvalue weighted by Gasteiger charge is -2.31. The highest BCUT2D eigenvalue weighted by Gasteiger charge is 2.38. The Labute approximate surface area is 161 Å². The van der Waals surface area contributed by atoms with Crippen LogP contribution in [0.3, 0.4) is 0 Å². The van der Waals surface area contributed by atoms with Crippen LogP contribution in [-0.4, -0.2) is 25.0 Å². The Morgan fingerprint density at radius 2 is 1.48 bits per heavy atom. The number of methoxy groups -OCH3 is 1. The van der Waals surface area contributed by atoms with Crippen molar-refractivity contribution in [2.75, 3.05) is 7.11 Å². The lowest BCUT2D eigenvalue weighted by Crippen LogP contribution is -2.50. The summed E-state index contributed by atoms with van der Waals surface area (Å²) in [5.74, 6) is -0.693. The molecule has 0 aliphatic heterocycles. The number of ether oxygens (including phenoxy) is 1. The first-order chi connectivity index (χ1) is 12.9. The van der Waals surface area contributed by atoms with Gasteiger partial charge in [-0.1, -0.05) is 72.3 Å². The van der Waals surface area contributed by atoms with Crippen LogP contribution in [0.4, 0.5) is 0 Å². The monoisotopic (exact) mass is 365 g/mol. The van der Waals surface area contributed by atoms with Gasteiger partial charge in [0.15, 0.2) is 0 Å². The second kappa shape index (κ2) is 9.17. The van der Waals surface area contributed by atoms with Gasteiger partial charge < -0.3 is 10.1 Å². The maximum Gasteiger partial charge on any atom is 0.328 e. The molecule has 0 unspecified atom stereocenters. The van der Waals surface area contributed by atoms with Gasteiger partial charge >= 0.3 is 5.97 Å². The predicted octanol–water partition coefficient (Wildman–Crippen LogP) is 4.01. The summed E-state index contributed by atoms with van der Waals surface area (Å²) in [6, 6.07) is 18.4. The molecule has 0 saturated carbocycles. The zero-order valence-corrected chi connectivity index (χ0v) is 16.4.